The summed E-state index contributed by atoms with van der Waals surface area (Å²) >= 11 is 4.44. The Morgan fingerprint density at radius 3 is 2.58 bits per heavy atom. The summed E-state index contributed by atoms with van der Waals surface area (Å²) in [5, 5.41) is 0. The molecule has 2 heteroatoms. The number of hydrogen-bond acceptors (Lipinski definition) is 2. The standard InChI is InChI=1S/C10H16OS/c1-7-4-5-8(9(11)6-7)10(2,3)12/h6,8,12H,4-5H2,1-3H3. The fourth-order valence-corrected chi connectivity index (χ4v) is 1.89. The van der Waals surface area contributed by atoms with Crippen LogP contribution in [0, 0.1) is 5.92 Å². The highest BCUT2D eigenvalue weighted by atomic mass is 32.1. The third kappa shape index (κ3) is 2.13. The van der Waals surface area contributed by atoms with Crippen molar-refractivity contribution in [1.82, 2.24) is 0 Å². The maximum Gasteiger partial charge on any atom is 0.160 e. The van der Waals surface area contributed by atoms with Crippen LogP contribution in [0.25, 0.3) is 0 Å². The van der Waals surface area contributed by atoms with Gasteiger partial charge in [-0.2, -0.15) is 12.6 Å². The van der Waals surface area contributed by atoms with Crippen molar-refractivity contribution in [3.8, 4) is 0 Å². The van der Waals surface area contributed by atoms with E-state index in [2.05, 4.69) is 12.6 Å². The Morgan fingerprint density at radius 2 is 2.17 bits per heavy atom. The van der Waals surface area contributed by atoms with Gasteiger partial charge in [-0.1, -0.05) is 19.4 Å². The first-order valence-electron chi connectivity index (χ1n) is 4.34. The van der Waals surface area contributed by atoms with E-state index in [0.29, 0.717) is 0 Å². The van der Waals surface area contributed by atoms with Crippen molar-refractivity contribution in [3.63, 3.8) is 0 Å². The van der Waals surface area contributed by atoms with Crippen molar-refractivity contribution in [2.75, 3.05) is 0 Å². The zero-order valence-corrected chi connectivity index (χ0v) is 8.82. The van der Waals surface area contributed by atoms with E-state index in [1.165, 1.54) is 5.57 Å². The lowest BCUT2D eigenvalue weighted by atomic mass is 9.81. The molecule has 12 heavy (non-hydrogen) atoms. The van der Waals surface area contributed by atoms with E-state index in [1.807, 2.05) is 20.8 Å². The van der Waals surface area contributed by atoms with Crippen LogP contribution in [0.3, 0.4) is 0 Å². The van der Waals surface area contributed by atoms with Gasteiger partial charge in [-0.3, -0.25) is 4.79 Å². The van der Waals surface area contributed by atoms with Gasteiger partial charge < -0.3 is 0 Å². The summed E-state index contributed by atoms with van der Waals surface area (Å²) in [5.74, 6) is 0.350. The van der Waals surface area contributed by atoms with Crippen LogP contribution in [0.15, 0.2) is 11.6 Å². The van der Waals surface area contributed by atoms with Crippen LogP contribution in [-0.4, -0.2) is 10.5 Å². The molecule has 1 unspecified atom stereocenters. The lowest BCUT2D eigenvalue weighted by Crippen LogP contribution is -2.33. The second-order valence-corrected chi connectivity index (χ2v) is 5.29. The second-order valence-electron chi connectivity index (χ2n) is 4.14. The van der Waals surface area contributed by atoms with Gasteiger partial charge in [-0.15, -0.1) is 0 Å². The quantitative estimate of drug-likeness (QED) is 0.620. The maximum absolute atomic E-state index is 11.5. The van der Waals surface area contributed by atoms with E-state index in [4.69, 9.17) is 0 Å². The molecule has 68 valence electrons. The normalized spacial score (nSPS) is 25.5. The molecular weight excluding hydrogens is 168 g/mol. The molecule has 1 nitrogen and oxygen atoms in total. The van der Waals surface area contributed by atoms with Crippen molar-refractivity contribution in [1.29, 1.82) is 0 Å². The molecule has 1 atom stereocenters. The minimum atomic E-state index is -0.172. The molecule has 1 aliphatic carbocycles. The van der Waals surface area contributed by atoms with Gasteiger partial charge in [-0.05, 0) is 25.8 Å². The van der Waals surface area contributed by atoms with Gasteiger partial charge in [0.15, 0.2) is 5.78 Å². The predicted molar refractivity (Wildman–Crippen MR) is 54.6 cm³/mol. The fourth-order valence-electron chi connectivity index (χ4n) is 1.63. The van der Waals surface area contributed by atoms with E-state index >= 15 is 0 Å². The summed E-state index contributed by atoms with van der Waals surface area (Å²) in [6.07, 6.45) is 3.77. The highest BCUT2D eigenvalue weighted by Gasteiger charge is 2.32. The number of hydrogen-bond donors (Lipinski definition) is 1. The zero-order valence-electron chi connectivity index (χ0n) is 7.92. The molecule has 0 saturated heterocycles. The average Bonchev–Trinajstić information content (AvgIpc) is 1.83. The summed E-state index contributed by atoms with van der Waals surface area (Å²) in [6, 6.07) is 0. The molecule has 0 aromatic rings. The Kier molecular flexibility index (Phi) is 2.67. The molecule has 0 radical (unpaired) electrons. The number of ketones is 1. The highest BCUT2D eigenvalue weighted by molar-refractivity contribution is 7.81. The van der Waals surface area contributed by atoms with Gasteiger partial charge in [0.25, 0.3) is 0 Å². The summed E-state index contributed by atoms with van der Waals surface area (Å²) in [5.41, 5.74) is 1.20. The van der Waals surface area contributed by atoms with Crippen molar-refractivity contribution >= 4 is 18.4 Å². The second kappa shape index (κ2) is 3.25. The third-order valence-electron chi connectivity index (χ3n) is 2.41. The van der Waals surface area contributed by atoms with E-state index in [0.717, 1.165) is 12.8 Å². The predicted octanol–water partition coefficient (Wildman–Crippen LogP) is 2.62. The molecule has 1 aliphatic rings. The van der Waals surface area contributed by atoms with Gasteiger partial charge in [0.1, 0.15) is 0 Å². The molecule has 0 spiro atoms. The largest absolute Gasteiger partial charge is 0.294 e. The average molecular weight is 184 g/mol. The molecule has 0 aromatic carbocycles. The molecule has 0 saturated carbocycles. The van der Waals surface area contributed by atoms with Crippen LogP contribution >= 0.6 is 12.6 Å². The van der Waals surface area contributed by atoms with Crippen LogP contribution in [0.5, 0.6) is 0 Å². The number of carbonyl (C=O) groups excluding carboxylic acids is 1. The lowest BCUT2D eigenvalue weighted by Gasteiger charge is -2.30. The minimum absolute atomic E-state index is 0.101. The summed E-state index contributed by atoms with van der Waals surface area (Å²) < 4.78 is -0.172. The van der Waals surface area contributed by atoms with Gasteiger partial charge in [0.05, 0.1) is 0 Å². The van der Waals surface area contributed by atoms with Crippen LogP contribution in [0.2, 0.25) is 0 Å². The first kappa shape index (κ1) is 9.85. The number of rotatable bonds is 1. The monoisotopic (exact) mass is 184 g/mol. The first-order chi connectivity index (χ1) is 5.41. The SMILES string of the molecule is CC1=CC(=O)C(C(C)(C)S)CC1. The van der Waals surface area contributed by atoms with Crippen molar-refractivity contribution < 1.29 is 4.79 Å². The van der Waals surface area contributed by atoms with Gasteiger partial charge in [0, 0.05) is 10.7 Å². The smallest absolute Gasteiger partial charge is 0.160 e. The topological polar surface area (TPSA) is 17.1 Å². The molecule has 0 fully saturated rings. The maximum atomic E-state index is 11.5. The Morgan fingerprint density at radius 1 is 1.58 bits per heavy atom. The van der Waals surface area contributed by atoms with Gasteiger partial charge in [-0.25, -0.2) is 0 Å². The van der Waals surface area contributed by atoms with Crippen LogP contribution in [-0.2, 0) is 4.79 Å². The summed E-state index contributed by atoms with van der Waals surface area (Å²) in [4.78, 5) is 11.5. The molecule has 0 N–H and O–H groups in total. The van der Waals surface area contributed by atoms with Gasteiger partial charge in [0.2, 0.25) is 0 Å². The van der Waals surface area contributed by atoms with Crippen LogP contribution in [0.1, 0.15) is 33.6 Å². The van der Waals surface area contributed by atoms with Crippen LogP contribution < -0.4 is 0 Å². The van der Waals surface area contributed by atoms with Gasteiger partial charge >= 0.3 is 0 Å². The molecule has 1 rings (SSSR count). The third-order valence-corrected chi connectivity index (χ3v) is 2.72. The Balaban J connectivity index is 2.79. The Hall–Kier alpha value is -0.240. The van der Waals surface area contributed by atoms with E-state index < -0.39 is 0 Å². The van der Waals surface area contributed by atoms with E-state index in [1.54, 1.807) is 6.08 Å². The summed E-state index contributed by atoms with van der Waals surface area (Å²) in [7, 11) is 0. The molecular formula is C10H16OS. The number of allylic oxidation sites excluding steroid dienone is 2. The molecule has 0 heterocycles. The zero-order chi connectivity index (χ0) is 9.35. The van der Waals surface area contributed by atoms with E-state index in [-0.39, 0.29) is 16.4 Å². The number of carbonyl (C=O) groups is 1. The highest BCUT2D eigenvalue weighted by Crippen LogP contribution is 2.33. The van der Waals surface area contributed by atoms with Crippen molar-refractivity contribution in [3.05, 3.63) is 11.6 Å². The molecule has 0 amide bonds. The van der Waals surface area contributed by atoms with Crippen molar-refractivity contribution in [2.24, 2.45) is 5.92 Å². The molecule has 0 aliphatic heterocycles. The minimum Gasteiger partial charge on any atom is -0.294 e. The lowest BCUT2D eigenvalue weighted by molar-refractivity contribution is -0.119. The Bertz CT molecular complexity index is 222. The molecule has 0 aromatic heterocycles. The van der Waals surface area contributed by atoms with Crippen LogP contribution in [0.4, 0.5) is 0 Å². The van der Waals surface area contributed by atoms with Crippen molar-refractivity contribution in [2.45, 2.75) is 38.4 Å². The fraction of sp³-hybridized carbons (Fsp3) is 0.700. The Labute approximate surface area is 79.6 Å². The first-order valence-corrected chi connectivity index (χ1v) is 4.79. The molecule has 0 bridgehead atoms. The number of thiol groups is 1. The summed E-state index contributed by atoms with van der Waals surface area (Å²) in [6.45, 7) is 6.03. The van der Waals surface area contributed by atoms with E-state index in [9.17, 15) is 4.79 Å².